The predicted molar refractivity (Wildman–Crippen MR) is 119 cm³/mol. The van der Waals surface area contributed by atoms with Crippen LogP contribution in [0.3, 0.4) is 0 Å². The summed E-state index contributed by atoms with van der Waals surface area (Å²) < 4.78 is 0. The summed E-state index contributed by atoms with van der Waals surface area (Å²) in [5, 5.41) is 7.45. The number of para-hydroxylation sites is 1. The van der Waals surface area contributed by atoms with E-state index in [1.54, 1.807) is 24.3 Å². The zero-order valence-corrected chi connectivity index (χ0v) is 17.5. The number of hydrogen-bond acceptors (Lipinski definition) is 2. The Balaban J connectivity index is 1.15. The van der Waals surface area contributed by atoms with Gasteiger partial charge in [0.25, 0.3) is 5.91 Å². The van der Waals surface area contributed by atoms with Crippen LogP contribution in [0.25, 0.3) is 0 Å². The van der Waals surface area contributed by atoms with Crippen molar-refractivity contribution in [3.63, 3.8) is 0 Å². The highest BCUT2D eigenvalue weighted by atomic mass is 35.5. The SMILES string of the molecule is O=C(NC1CC2(CCC(C3CCNc4ccccc43)CC2)C1)c1ccc(Cl)cc1. The monoisotopic (exact) mass is 408 g/mol. The van der Waals surface area contributed by atoms with Crippen LogP contribution < -0.4 is 10.6 Å². The van der Waals surface area contributed by atoms with Gasteiger partial charge in [-0.25, -0.2) is 0 Å². The van der Waals surface area contributed by atoms with Gasteiger partial charge >= 0.3 is 0 Å². The molecule has 0 radical (unpaired) electrons. The number of benzene rings is 2. The molecule has 3 aliphatic rings. The topological polar surface area (TPSA) is 41.1 Å². The molecule has 152 valence electrons. The third-order valence-corrected chi connectivity index (χ3v) is 7.84. The second-order valence-electron chi connectivity index (χ2n) is 9.33. The van der Waals surface area contributed by atoms with Crippen molar-refractivity contribution in [2.45, 2.75) is 56.9 Å². The summed E-state index contributed by atoms with van der Waals surface area (Å²) in [5.41, 5.74) is 4.05. The Morgan fingerprint density at radius 1 is 1.00 bits per heavy atom. The van der Waals surface area contributed by atoms with Crippen LogP contribution in [0.1, 0.15) is 66.8 Å². The van der Waals surface area contributed by atoms with E-state index in [1.807, 2.05) is 0 Å². The highest BCUT2D eigenvalue weighted by Gasteiger charge is 2.47. The first-order valence-electron chi connectivity index (χ1n) is 11.0. The van der Waals surface area contributed by atoms with E-state index >= 15 is 0 Å². The van der Waals surface area contributed by atoms with Gasteiger partial charge in [0, 0.05) is 28.9 Å². The van der Waals surface area contributed by atoms with Crippen LogP contribution in [0, 0.1) is 11.3 Å². The molecule has 1 unspecified atom stereocenters. The molecule has 1 amide bonds. The van der Waals surface area contributed by atoms with Gasteiger partial charge in [-0.1, -0.05) is 29.8 Å². The number of rotatable bonds is 3. The number of fused-ring (bicyclic) bond motifs is 1. The van der Waals surface area contributed by atoms with E-state index in [-0.39, 0.29) is 5.91 Å². The van der Waals surface area contributed by atoms with Gasteiger partial charge in [-0.2, -0.15) is 0 Å². The lowest BCUT2D eigenvalue weighted by Crippen LogP contribution is -2.52. The molecule has 5 rings (SSSR count). The number of hydrogen-bond donors (Lipinski definition) is 2. The molecule has 2 saturated carbocycles. The first-order chi connectivity index (χ1) is 14.1. The maximum atomic E-state index is 12.4. The predicted octanol–water partition coefficient (Wildman–Crippen LogP) is 6.01. The minimum Gasteiger partial charge on any atom is -0.385 e. The smallest absolute Gasteiger partial charge is 0.251 e. The van der Waals surface area contributed by atoms with E-state index < -0.39 is 0 Å². The van der Waals surface area contributed by atoms with Gasteiger partial charge in [0.05, 0.1) is 0 Å². The minimum atomic E-state index is 0.0292. The molecule has 0 saturated heterocycles. The highest BCUT2D eigenvalue weighted by molar-refractivity contribution is 6.30. The Kier molecular flexibility index (Phi) is 5.03. The number of carbonyl (C=O) groups is 1. The van der Waals surface area contributed by atoms with Crippen molar-refractivity contribution in [1.29, 1.82) is 0 Å². The van der Waals surface area contributed by atoms with Gasteiger partial charge < -0.3 is 10.6 Å². The average molecular weight is 409 g/mol. The lowest BCUT2D eigenvalue weighted by atomic mass is 9.55. The summed E-state index contributed by atoms with van der Waals surface area (Å²) >= 11 is 5.92. The first kappa shape index (κ1) is 19.0. The second kappa shape index (κ2) is 7.68. The van der Waals surface area contributed by atoms with Gasteiger partial charge in [0.1, 0.15) is 0 Å². The maximum Gasteiger partial charge on any atom is 0.251 e. The van der Waals surface area contributed by atoms with Crippen LogP contribution in [0.5, 0.6) is 0 Å². The highest BCUT2D eigenvalue weighted by Crippen LogP contribution is 2.55. The first-order valence-corrected chi connectivity index (χ1v) is 11.4. The molecule has 1 aliphatic heterocycles. The summed E-state index contributed by atoms with van der Waals surface area (Å²) in [6.07, 6.45) is 8.83. The molecule has 2 aromatic carbocycles. The van der Waals surface area contributed by atoms with Crippen molar-refractivity contribution in [3.05, 3.63) is 64.7 Å². The minimum absolute atomic E-state index is 0.0292. The van der Waals surface area contributed by atoms with Crippen LogP contribution >= 0.6 is 11.6 Å². The summed E-state index contributed by atoms with van der Waals surface area (Å²) in [6, 6.07) is 16.4. The van der Waals surface area contributed by atoms with Gasteiger partial charge in [-0.3, -0.25) is 4.79 Å². The molecular weight excluding hydrogens is 380 g/mol. The molecule has 0 aromatic heterocycles. The summed E-state index contributed by atoms with van der Waals surface area (Å²) in [7, 11) is 0. The average Bonchev–Trinajstić information content (AvgIpc) is 2.73. The molecule has 2 aliphatic carbocycles. The second-order valence-corrected chi connectivity index (χ2v) is 9.77. The molecule has 1 spiro atoms. The molecule has 0 bridgehead atoms. The van der Waals surface area contributed by atoms with Crippen LogP contribution in [0.2, 0.25) is 5.02 Å². The molecule has 4 heteroatoms. The van der Waals surface area contributed by atoms with Crippen molar-refractivity contribution in [1.82, 2.24) is 5.32 Å². The number of carbonyl (C=O) groups excluding carboxylic acids is 1. The van der Waals surface area contributed by atoms with E-state index in [0.717, 1.165) is 25.3 Å². The summed E-state index contributed by atoms with van der Waals surface area (Å²) in [5.74, 6) is 1.55. The van der Waals surface area contributed by atoms with Crippen LogP contribution in [-0.4, -0.2) is 18.5 Å². The van der Waals surface area contributed by atoms with Gasteiger partial charge in [-0.05, 0) is 98.1 Å². The third-order valence-electron chi connectivity index (χ3n) is 7.59. The van der Waals surface area contributed by atoms with Crippen molar-refractivity contribution in [3.8, 4) is 0 Å². The Morgan fingerprint density at radius 3 is 2.48 bits per heavy atom. The Morgan fingerprint density at radius 2 is 1.72 bits per heavy atom. The number of anilines is 1. The van der Waals surface area contributed by atoms with E-state index in [1.165, 1.54) is 43.4 Å². The van der Waals surface area contributed by atoms with Crippen molar-refractivity contribution >= 4 is 23.2 Å². The van der Waals surface area contributed by atoms with Crippen LogP contribution in [-0.2, 0) is 0 Å². The Labute approximate surface area is 178 Å². The van der Waals surface area contributed by atoms with E-state index in [0.29, 0.717) is 28.0 Å². The van der Waals surface area contributed by atoms with Crippen LogP contribution in [0.15, 0.2) is 48.5 Å². The molecule has 2 N–H and O–H groups in total. The molecule has 2 aromatic rings. The molecule has 2 fully saturated rings. The zero-order valence-electron chi connectivity index (χ0n) is 16.8. The molecular formula is C25H29ClN2O. The van der Waals surface area contributed by atoms with Gasteiger partial charge in [-0.15, -0.1) is 0 Å². The Bertz CT molecular complexity index is 878. The zero-order chi connectivity index (χ0) is 19.8. The summed E-state index contributed by atoms with van der Waals surface area (Å²) in [6.45, 7) is 1.10. The fraction of sp³-hybridized carbons (Fsp3) is 0.480. The normalized spacial score (nSPS) is 30.7. The molecule has 29 heavy (non-hydrogen) atoms. The fourth-order valence-electron chi connectivity index (χ4n) is 6.01. The molecule has 1 atom stereocenters. The van der Waals surface area contributed by atoms with E-state index in [2.05, 4.69) is 34.9 Å². The number of amides is 1. The van der Waals surface area contributed by atoms with Crippen molar-refractivity contribution < 1.29 is 4.79 Å². The standard InChI is InChI=1S/C25H29ClN2O/c26-19-7-5-18(6-8-19)24(29)28-20-15-25(16-20)12-9-17(10-13-25)21-11-14-27-23-4-2-1-3-22(21)23/h1-8,17,20-21,27H,9-16H2,(H,28,29). The lowest BCUT2D eigenvalue weighted by molar-refractivity contribution is 0.0170. The molecule has 1 heterocycles. The van der Waals surface area contributed by atoms with Gasteiger partial charge in [0.2, 0.25) is 0 Å². The Hall–Kier alpha value is -2.00. The fourth-order valence-corrected chi connectivity index (χ4v) is 6.14. The number of nitrogens with one attached hydrogen (secondary N) is 2. The number of halogens is 1. The van der Waals surface area contributed by atoms with Crippen molar-refractivity contribution in [2.75, 3.05) is 11.9 Å². The largest absolute Gasteiger partial charge is 0.385 e. The molecule has 3 nitrogen and oxygen atoms in total. The summed E-state index contributed by atoms with van der Waals surface area (Å²) in [4.78, 5) is 12.4. The maximum absolute atomic E-state index is 12.4. The quantitative estimate of drug-likeness (QED) is 0.653. The van der Waals surface area contributed by atoms with E-state index in [9.17, 15) is 4.79 Å². The van der Waals surface area contributed by atoms with Crippen molar-refractivity contribution in [2.24, 2.45) is 11.3 Å². The van der Waals surface area contributed by atoms with E-state index in [4.69, 9.17) is 11.6 Å². The van der Waals surface area contributed by atoms with Crippen LogP contribution in [0.4, 0.5) is 5.69 Å². The van der Waals surface area contributed by atoms with Gasteiger partial charge in [0.15, 0.2) is 0 Å². The lowest BCUT2D eigenvalue weighted by Gasteiger charge is -2.53. The third kappa shape index (κ3) is 3.77.